The van der Waals surface area contributed by atoms with Crippen molar-refractivity contribution in [2.24, 2.45) is 0 Å². The van der Waals surface area contributed by atoms with E-state index in [1.165, 1.54) is 18.8 Å². The largest absolute Gasteiger partial charge is 0.562 e. The summed E-state index contributed by atoms with van der Waals surface area (Å²) in [6.07, 6.45) is 3.64. The lowest BCUT2D eigenvalue weighted by atomic mass is 11.6. The molecule has 0 amide bonds. The van der Waals surface area contributed by atoms with Gasteiger partial charge in [0.2, 0.25) is 0 Å². The quantitative estimate of drug-likeness (QED) is 0.441. The van der Waals surface area contributed by atoms with Crippen molar-refractivity contribution in [3.05, 3.63) is 0 Å². The highest BCUT2D eigenvalue weighted by atomic mass is 31.2. The van der Waals surface area contributed by atoms with Gasteiger partial charge in [-0.15, -0.1) is 15.8 Å². The number of hydrogen-bond acceptors (Lipinski definition) is 6. The molecule has 0 aliphatic rings. The van der Waals surface area contributed by atoms with Crippen molar-refractivity contribution in [2.45, 2.75) is 0 Å². The highest BCUT2D eigenvalue weighted by Crippen LogP contribution is 2.37. The molecule has 0 aromatic heterocycles. The Morgan fingerprint density at radius 1 is 0.800 bits per heavy atom. The van der Waals surface area contributed by atoms with E-state index in [4.69, 9.17) is 15.8 Å². The van der Waals surface area contributed by atoms with Crippen LogP contribution in [0.1, 0.15) is 0 Å². The van der Waals surface area contributed by atoms with Gasteiger partial charge < -0.3 is 13.6 Å². The van der Waals surface area contributed by atoms with Gasteiger partial charge in [0.1, 0.15) is 0 Å². The molecule has 0 aromatic rings. The molecule has 6 nitrogen and oxygen atoms in total. The molecule has 10 heavy (non-hydrogen) atoms. The van der Waals surface area contributed by atoms with Gasteiger partial charge in [0.15, 0.2) is 0 Å². The molecule has 0 rings (SSSR count). The molecule has 50 valence electrons. The standard InChI is InChI=1S/C3N3O3P/c4-1-7-10(8-2-5)9-3-6. The summed E-state index contributed by atoms with van der Waals surface area (Å²) in [5, 5.41) is 23.6. The van der Waals surface area contributed by atoms with Crippen molar-refractivity contribution >= 4 is 8.60 Å². The molecule has 0 aliphatic carbocycles. The lowest BCUT2D eigenvalue weighted by Crippen LogP contribution is -1.81. The van der Waals surface area contributed by atoms with Gasteiger partial charge in [-0.25, -0.2) is 0 Å². The smallest absolute Gasteiger partial charge is 0.332 e. The minimum atomic E-state index is -2.14. The maximum atomic E-state index is 7.86. The third-order valence-corrected chi connectivity index (χ3v) is 1.04. The summed E-state index contributed by atoms with van der Waals surface area (Å²) < 4.78 is 12.0. The van der Waals surface area contributed by atoms with Crippen LogP contribution in [-0.2, 0) is 13.6 Å². The van der Waals surface area contributed by atoms with Crippen LogP contribution in [0, 0.1) is 34.6 Å². The Morgan fingerprint density at radius 3 is 1.30 bits per heavy atom. The van der Waals surface area contributed by atoms with Gasteiger partial charge in [-0.2, -0.15) is 0 Å². The van der Waals surface area contributed by atoms with E-state index in [1.807, 2.05) is 0 Å². The molecule has 0 spiro atoms. The molecule has 0 aromatic carbocycles. The van der Waals surface area contributed by atoms with Crippen LogP contribution in [0.15, 0.2) is 0 Å². The monoisotopic (exact) mass is 157 g/mol. The molecule has 0 bridgehead atoms. The molecule has 7 heteroatoms. The summed E-state index contributed by atoms with van der Waals surface area (Å²) in [7, 11) is -2.14. The van der Waals surface area contributed by atoms with Crippen molar-refractivity contribution in [1.82, 2.24) is 0 Å². The average molecular weight is 157 g/mol. The highest BCUT2D eigenvalue weighted by molar-refractivity contribution is 7.42. The minimum absolute atomic E-state index is 1.21. The summed E-state index contributed by atoms with van der Waals surface area (Å²) in [4.78, 5) is 0. The maximum Gasteiger partial charge on any atom is 0.562 e. The van der Waals surface area contributed by atoms with Gasteiger partial charge in [0.05, 0.1) is 0 Å². The zero-order valence-corrected chi connectivity index (χ0v) is 5.41. The molecule has 0 N–H and O–H groups in total. The molecular weight excluding hydrogens is 157 g/mol. The van der Waals surface area contributed by atoms with Crippen LogP contribution >= 0.6 is 8.60 Å². The van der Waals surface area contributed by atoms with Crippen LogP contribution < -0.4 is 0 Å². The number of rotatable bonds is 3. The van der Waals surface area contributed by atoms with Crippen LogP contribution in [0.4, 0.5) is 0 Å². The van der Waals surface area contributed by atoms with E-state index in [1.54, 1.807) is 0 Å². The lowest BCUT2D eigenvalue weighted by molar-refractivity contribution is 0.330. The summed E-state index contributed by atoms with van der Waals surface area (Å²) in [5.41, 5.74) is 0. The second kappa shape index (κ2) is 5.44. The Morgan fingerprint density at radius 2 is 1.10 bits per heavy atom. The Balaban J connectivity index is 3.68. The third kappa shape index (κ3) is 3.32. The van der Waals surface area contributed by atoms with Crippen LogP contribution in [0.2, 0.25) is 0 Å². The second-order valence-corrected chi connectivity index (χ2v) is 1.77. The predicted molar refractivity (Wildman–Crippen MR) is 27.0 cm³/mol. The number of hydrogen-bond donors (Lipinski definition) is 0. The summed E-state index contributed by atoms with van der Waals surface area (Å²) in [6.45, 7) is 0. The zero-order valence-electron chi connectivity index (χ0n) is 4.51. The third-order valence-electron chi connectivity index (χ3n) is 0.346. The number of nitriles is 3. The van der Waals surface area contributed by atoms with Gasteiger partial charge in [-0.3, -0.25) is 0 Å². The molecule has 0 fully saturated rings. The molecule has 0 saturated heterocycles. The molecule has 0 radical (unpaired) electrons. The van der Waals surface area contributed by atoms with E-state index in [9.17, 15) is 0 Å². The Hall–Kier alpha value is -1.70. The lowest BCUT2D eigenvalue weighted by Gasteiger charge is -1.98. The van der Waals surface area contributed by atoms with Gasteiger partial charge in [-0.1, -0.05) is 0 Å². The minimum Gasteiger partial charge on any atom is -0.332 e. The highest BCUT2D eigenvalue weighted by Gasteiger charge is 2.15. The molecule has 0 aliphatic heterocycles. The fourth-order valence-corrected chi connectivity index (χ4v) is 0.468. The van der Waals surface area contributed by atoms with Crippen LogP contribution in [-0.4, -0.2) is 0 Å². The van der Waals surface area contributed by atoms with Gasteiger partial charge >= 0.3 is 8.60 Å². The van der Waals surface area contributed by atoms with Crippen molar-refractivity contribution in [3.8, 4) is 18.8 Å². The second-order valence-electron chi connectivity index (χ2n) is 0.771. The van der Waals surface area contributed by atoms with Crippen LogP contribution in [0.25, 0.3) is 0 Å². The topological polar surface area (TPSA) is 99.1 Å². The first-order valence-electron chi connectivity index (χ1n) is 1.83. The molecule has 0 heterocycles. The molecule has 0 saturated carbocycles. The first kappa shape index (κ1) is 8.30. The van der Waals surface area contributed by atoms with E-state index in [0.717, 1.165) is 0 Å². The van der Waals surface area contributed by atoms with Gasteiger partial charge in [0, 0.05) is 0 Å². The van der Waals surface area contributed by atoms with Crippen LogP contribution in [0.3, 0.4) is 0 Å². The van der Waals surface area contributed by atoms with Crippen molar-refractivity contribution < 1.29 is 13.6 Å². The Bertz CT molecular complexity index is 172. The van der Waals surface area contributed by atoms with E-state index < -0.39 is 8.60 Å². The Kier molecular flexibility index (Phi) is 4.51. The predicted octanol–water partition coefficient (Wildman–Crippen LogP) is 0.706. The SMILES string of the molecule is N#COP(OC#N)OC#N. The van der Waals surface area contributed by atoms with E-state index in [2.05, 4.69) is 13.6 Å². The Labute approximate surface area is 57.7 Å². The fourth-order valence-electron chi connectivity index (χ4n) is 0.156. The number of nitrogens with zero attached hydrogens (tertiary/aromatic N) is 3. The normalized spacial score (nSPS) is 6.60. The van der Waals surface area contributed by atoms with Gasteiger partial charge in [-0.05, 0) is 0 Å². The van der Waals surface area contributed by atoms with E-state index >= 15 is 0 Å². The summed E-state index contributed by atoms with van der Waals surface area (Å²) in [5.74, 6) is 0. The maximum absolute atomic E-state index is 7.86. The summed E-state index contributed by atoms with van der Waals surface area (Å²) >= 11 is 0. The molecule has 0 unspecified atom stereocenters. The fraction of sp³-hybridized carbons (Fsp3) is 0. The first-order chi connectivity index (χ1) is 4.85. The summed E-state index contributed by atoms with van der Waals surface area (Å²) in [6, 6.07) is 0. The molecule has 0 atom stereocenters. The van der Waals surface area contributed by atoms with E-state index in [0.29, 0.717) is 0 Å². The van der Waals surface area contributed by atoms with Crippen molar-refractivity contribution in [2.75, 3.05) is 0 Å². The van der Waals surface area contributed by atoms with E-state index in [-0.39, 0.29) is 0 Å². The molecular formula is C3N3O3P. The van der Waals surface area contributed by atoms with Crippen molar-refractivity contribution in [3.63, 3.8) is 0 Å². The van der Waals surface area contributed by atoms with Crippen molar-refractivity contribution in [1.29, 1.82) is 15.8 Å². The van der Waals surface area contributed by atoms with Gasteiger partial charge in [0.25, 0.3) is 18.8 Å². The zero-order chi connectivity index (χ0) is 7.82. The average Bonchev–Trinajstić information content (AvgIpc) is 1.90. The first-order valence-corrected chi connectivity index (χ1v) is 2.93. The van der Waals surface area contributed by atoms with Crippen LogP contribution in [0.5, 0.6) is 0 Å².